The molecule has 21 heavy (non-hydrogen) atoms. The summed E-state index contributed by atoms with van der Waals surface area (Å²) < 4.78 is 27.1. The van der Waals surface area contributed by atoms with E-state index in [0.717, 1.165) is 12.1 Å². The fourth-order valence-electron chi connectivity index (χ4n) is 1.90. The van der Waals surface area contributed by atoms with Crippen LogP contribution in [-0.2, 0) is 0 Å². The Morgan fingerprint density at radius 1 is 1.33 bits per heavy atom. The van der Waals surface area contributed by atoms with Crippen LogP contribution in [0.3, 0.4) is 0 Å². The van der Waals surface area contributed by atoms with Crippen LogP contribution in [0.25, 0.3) is 0 Å². The van der Waals surface area contributed by atoms with Crippen molar-refractivity contribution >= 4 is 17.3 Å². The number of nitrogens with two attached hydrogens (primary N) is 1. The van der Waals surface area contributed by atoms with Crippen molar-refractivity contribution in [1.82, 2.24) is 10.2 Å². The van der Waals surface area contributed by atoms with Crippen LogP contribution in [0.1, 0.15) is 41.5 Å². The molecule has 1 amide bonds. The second-order valence-electron chi connectivity index (χ2n) is 5.09. The minimum Gasteiger partial charge on any atom is -0.395 e. The van der Waals surface area contributed by atoms with E-state index in [9.17, 15) is 13.6 Å². The van der Waals surface area contributed by atoms with Gasteiger partial charge in [-0.2, -0.15) is 5.10 Å². The number of anilines is 2. The second kappa shape index (κ2) is 5.51. The highest BCUT2D eigenvalue weighted by Crippen LogP contribution is 2.24. The molecule has 0 atom stereocenters. The fraction of sp³-hybridized carbons (Fsp3) is 0.286. The number of nitrogen functional groups attached to an aromatic ring is 1. The summed E-state index contributed by atoms with van der Waals surface area (Å²) in [5.41, 5.74) is 6.52. The largest absolute Gasteiger partial charge is 0.395 e. The fourth-order valence-corrected chi connectivity index (χ4v) is 1.90. The van der Waals surface area contributed by atoms with Gasteiger partial charge in [-0.15, -0.1) is 0 Å². The number of H-pyrrole nitrogens is 1. The molecule has 0 spiro atoms. The van der Waals surface area contributed by atoms with Crippen molar-refractivity contribution in [3.8, 4) is 0 Å². The van der Waals surface area contributed by atoms with Gasteiger partial charge in [0.1, 0.15) is 11.6 Å². The molecule has 0 saturated heterocycles. The van der Waals surface area contributed by atoms with E-state index in [4.69, 9.17) is 5.73 Å². The number of aryl methyl sites for hydroxylation is 1. The van der Waals surface area contributed by atoms with Crippen LogP contribution in [0.2, 0.25) is 0 Å². The van der Waals surface area contributed by atoms with Crippen LogP contribution in [0.5, 0.6) is 0 Å². The number of rotatable bonds is 3. The third-order valence-electron chi connectivity index (χ3n) is 3.12. The van der Waals surface area contributed by atoms with Crippen LogP contribution < -0.4 is 11.1 Å². The first-order valence-electron chi connectivity index (χ1n) is 6.42. The molecule has 0 unspecified atom stereocenters. The number of benzene rings is 1. The van der Waals surface area contributed by atoms with Crippen LogP contribution >= 0.6 is 0 Å². The summed E-state index contributed by atoms with van der Waals surface area (Å²) >= 11 is 0. The molecule has 1 aromatic heterocycles. The van der Waals surface area contributed by atoms with Gasteiger partial charge in [0.25, 0.3) is 5.91 Å². The molecular formula is C14H16F2N4O. The smallest absolute Gasteiger partial charge is 0.278 e. The Morgan fingerprint density at radius 3 is 2.57 bits per heavy atom. The lowest BCUT2D eigenvalue weighted by Crippen LogP contribution is -2.15. The Labute approximate surface area is 120 Å². The van der Waals surface area contributed by atoms with E-state index in [1.54, 1.807) is 0 Å². The van der Waals surface area contributed by atoms with E-state index >= 15 is 0 Å². The summed E-state index contributed by atoms with van der Waals surface area (Å²) in [6, 6.07) is 1.94. The molecule has 4 N–H and O–H groups in total. The van der Waals surface area contributed by atoms with Crippen molar-refractivity contribution < 1.29 is 13.6 Å². The molecule has 5 nitrogen and oxygen atoms in total. The summed E-state index contributed by atoms with van der Waals surface area (Å²) in [6.45, 7) is 5.21. The SMILES string of the molecule is Cc1cc(F)c(NC(=O)c2n[nH]c(C(C)C)c2N)cc1F. The number of carbonyl (C=O) groups is 1. The van der Waals surface area contributed by atoms with Crippen molar-refractivity contribution in [2.75, 3.05) is 11.1 Å². The molecule has 1 heterocycles. The molecule has 0 fully saturated rings. The molecule has 7 heteroatoms. The molecule has 0 aliphatic heterocycles. The monoisotopic (exact) mass is 294 g/mol. The predicted octanol–water partition coefficient (Wildman–Crippen LogP) is 2.95. The summed E-state index contributed by atoms with van der Waals surface area (Å²) in [5.74, 6) is -1.96. The minimum absolute atomic E-state index is 0.0425. The van der Waals surface area contributed by atoms with Gasteiger partial charge in [0, 0.05) is 6.07 Å². The number of nitrogens with zero attached hydrogens (tertiary/aromatic N) is 1. The lowest BCUT2D eigenvalue weighted by Gasteiger charge is -2.07. The highest BCUT2D eigenvalue weighted by molar-refractivity contribution is 6.06. The highest BCUT2D eigenvalue weighted by Gasteiger charge is 2.20. The third kappa shape index (κ3) is 2.86. The number of hydrogen-bond acceptors (Lipinski definition) is 3. The second-order valence-corrected chi connectivity index (χ2v) is 5.09. The van der Waals surface area contributed by atoms with Gasteiger partial charge in [-0.25, -0.2) is 8.78 Å². The maximum absolute atomic E-state index is 13.7. The summed E-state index contributed by atoms with van der Waals surface area (Å²) in [4.78, 5) is 12.1. The lowest BCUT2D eigenvalue weighted by molar-refractivity contribution is 0.102. The van der Waals surface area contributed by atoms with Gasteiger partial charge >= 0.3 is 0 Å². The quantitative estimate of drug-likeness (QED) is 0.813. The topological polar surface area (TPSA) is 83.8 Å². The Hall–Kier alpha value is -2.44. The number of hydrogen-bond donors (Lipinski definition) is 3. The Kier molecular flexibility index (Phi) is 3.93. The van der Waals surface area contributed by atoms with Gasteiger partial charge in [0.05, 0.1) is 17.1 Å². The highest BCUT2D eigenvalue weighted by atomic mass is 19.1. The molecule has 0 bridgehead atoms. The first-order chi connectivity index (χ1) is 9.81. The minimum atomic E-state index is -0.722. The van der Waals surface area contributed by atoms with Crippen molar-refractivity contribution in [2.45, 2.75) is 26.7 Å². The zero-order valence-electron chi connectivity index (χ0n) is 11.9. The van der Waals surface area contributed by atoms with Gasteiger partial charge in [-0.1, -0.05) is 13.8 Å². The van der Waals surface area contributed by atoms with Crippen LogP contribution in [0, 0.1) is 18.6 Å². The number of halogens is 2. The standard InChI is InChI=1S/C14H16F2N4O/c1-6(2)12-11(17)13(20-19-12)14(21)18-10-5-8(15)7(3)4-9(10)16/h4-6H,17H2,1-3H3,(H,18,21)(H,19,20). The average Bonchev–Trinajstić information content (AvgIpc) is 2.78. The molecule has 0 aliphatic carbocycles. The molecule has 112 valence electrons. The zero-order valence-corrected chi connectivity index (χ0v) is 11.9. The van der Waals surface area contributed by atoms with Gasteiger partial charge < -0.3 is 11.1 Å². The van der Waals surface area contributed by atoms with Crippen molar-refractivity contribution in [3.05, 3.63) is 40.7 Å². The Balaban J connectivity index is 2.29. The van der Waals surface area contributed by atoms with Crippen molar-refractivity contribution in [2.24, 2.45) is 0 Å². The maximum atomic E-state index is 13.7. The first-order valence-corrected chi connectivity index (χ1v) is 6.42. The summed E-state index contributed by atoms with van der Waals surface area (Å²) in [6.07, 6.45) is 0. The molecular weight excluding hydrogens is 278 g/mol. The molecule has 2 aromatic rings. The lowest BCUT2D eigenvalue weighted by atomic mass is 10.1. The van der Waals surface area contributed by atoms with E-state index in [-0.39, 0.29) is 28.6 Å². The van der Waals surface area contributed by atoms with Gasteiger partial charge in [-0.3, -0.25) is 9.89 Å². The van der Waals surface area contributed by atoms with Gasteiger partial charge in [0.2, 0.25) is 0 Å². The van der Waals surface area contributed by atoms with E-state index in [1.807, 2.05) is 13.8 Å². The number of nitrogens with one attached hydrogen (secondary N) is 2. The Bertz CT molecular complexity index is 695. The normalized spacial score (nSPS) is 11.0. The average molecular weight is 294 g/mol. The first kappa shape index (κ1) is 15.0. The van der Waals surface area contributed by atoms with Crippen molar-refractivity contribution in [1.29, 1.82) is 0 Å². The summed E-state index contributed by atoms with van der Waals surface area (Å²) in [7, 11) is 0. The number of amides is 1. The Morgan fingerprint density at radius 2 is 2.00 bits per heavy atom. The maximum Gasteiger partial charge on any atom is 0.278 e. The van der Waals surface area contributed by atoms with Gasteiger partial charge in [-0.05, 0) is 24.5 Å². The van der Waals surface area contributed by atoms with Crippen LogP contribution in [-0.4, -0.2) is 16.1 Å². The van der Waals surface area contributed by atoms with E-state index in [1.165, 1.54) is 6.92 Å². The van der Waals surface area contributed by atoms with E-state index in [2.05, 4.69) is 15.5 Å². The molecule has 0 aliphatic rings. The van der Waals surface area contributed by atoms with E-state index < -0.39 is 17.5 Å². The molecule has 2 rings (SSSR count). The van der Waals surface area contributed by atoms with Crippen LogP contribution in [0.4, 0.5) is 20.2 Å². The summed E-state index contributed by atoms with van der Waals surface area (Å²) in [5, 5.41) is 8.77. The number of aromatic nitrogens is 2. The number of carbonyl (C=O) groups excluding carboxylic acids is 1. The van der Waals surface area contributed by atoms with Crippen molar-refractivity contribution in [3.63, 3.8) is 0 Å². The molecule has 1 aromatic carbocycles. The van der Waals surface area contributed by atoms with E-state index in [0.29, 0.717) is 5.69 Å². The zero-order chi connectivity index (χ0) is 15.7. The van der Waals surface area contributed by atoms with Gasteiger partial charge in [0.15, 0.2) is 5.69 Å². The predicted molar refractivity (Wildman–Crippen MR) is 76.1 cm³/mol. The molecule has 0 saturated carbocycles. The van der Waals surface area contributed by atoms with Crippen LogP contribution in [0.15, 0.2) is 12.1 Å². The third-order valence-corrected chi connectivity index (χ3v) is 3.12. The molecule has 0 radical (unpaired) electrons. The number of aromatic amines is 1.